The van der Waals surface area contributed by atoms with Gasteiger partial charge in [0.2, 0.25) is 15.9 Å². The first-order chi connectivity index (χ1) is 10.8. The largest absolute Gasteiger partial charge is 0.325 e. The molecular formula is C16H17BrN2O3S. The molecule has 0 saturated carbocycles. The van der Waals surface area contributed by atoms with Crippen LogP contribution in [-0.4, -0.2) is 20.4 Å². The van der Waals surface area contributed by atoms with Gasteiger partial charge in [-0.25, -0.2) is 8.42 Å². The van der Waals surface area contributed by atoms with Gasteiger partial charge in [0.15, 0.2) is 0 Å². The van der Waals surface area contributed by atoms with Crippen molar-refractivity contribution in [3.05, 3.63) is 58.6 Å². The van der Waals surface area contributed by atoms with Crippen LogP contribution >= 0.6 is 15.9 Å². The summed E-state index contributed by atoms with van der Waals surface area (Å²) in [5.41, 5.74) is 1.55. The van der Waals surface area contributed by atoms with E-state index in [1.807, 2.05) is 13.0 Å². The number of rotatable bonds is 5. The molecule has 0 saturated heterocycles. The normalized spacial score (nSPS) is 12.7. The summed E-state index contributed by atoms with van der Waals surface area (Å²) in [4.78, 5) is 12.3. The van der Waals surface area contributed by atoms with Crippen LogP contribution in [0.15, 0.2) is 57.9 Å². The van der Waals surface area contributed by atoms with Gasteiger partial charge in [0.25, 0.3) is 0 Å². The summed E-state index contributed by atoms with van der Waals surface area (Å²) >= 11 is 3.31. The fourth-order valence-electron chi connectivity index (χ4n) is 1.89. The summed E-state index contributed by atoms with van der Waals surface area (Å²) in [6.45, 7) is 3.37. The topological polar surface area (TPSA) is 75.3 Å². The van der Waals surface area contributed by atoms with E-state index in [0.717, 1.165) is 10.0 Å². The first-order valence-corrected chi connectivity index (χ1v) is 9.21. The van der Waals surface area contributed by atoms with Crippen molar-refractivity contribution in [1.29, 1.82) is 0 Å². The van der Waals surface area contributed by atoms with Gasteiger partial charge < -0.3 is 5.32 Å². The van der Waals surface area contributed by atoms with Gasteiger partial charge in [-0.15, -0.1) is 0 Å². The van der Waals surface area contributed by atoms with Crippen LogP contribution in [0.5, 0.6) is 0 Å². The lowest BCUT2D eigenvalue weighted by atomic mass is 10.2. The zero-order valence-electron chi connectivity index (χ0n) is 12.7. The van der Waals surface area contributed by atoms with Gasteiger partial charge in [0.1, 0.15) is 0 Å². The average Bonchev–Trinajstić information content (AvgIpc) is 2.47. The van der Waals surface area contributed by atoms with Crippen LogP contribution in [0.3, 0.4) is 0 Å². The van der Waals surface area contributed by atoms with E-state index >= 15 is 0 Å². The number of amides is 1. The molecule has 5 nitrogen and oxygen atoms in total. The van der Waals surface area contributed by atoms with Crippen LogP contribution < -0.4 is 10.0 Å². The molecule has 23 heavy (non-hydrogen) atoms. The zero-order valence-corrected chi connectivity index (χ0v) is 15.1. The Balaban J connectivity index is 2.06. The second-order valence-electron chi connectivity index (χ2n) is 5.16. The van der Waals surface area contributed by atoms with E-state index in [0.29, 0.717) is 5.69 Å². The molecule has 0 spiro atoms. The number of nitrogens with one attached hydrogen (secondary N) is 2. The SMILES string of the molecule is Cc1ccc(S(=O)(=O)NC(C)C(=O)Nc2cccc(Br)c2)cc1. The zero-order chi connectivity index (χ0) is 17.0. The molecule has 0 aliphatic rings. The molecule has 1 unspecified atom stereocenters. The molecule has 0 aliphatic heterocycles. The molecule has 122 valence electrons. The number of hydrogen-bond acceptors (Lipinski definition) is 3. The minimum atomic E-state index is -3.74. The lowest BCUT2D eigenvalue weighted by Gasteiger charge is -2.14. The summed E-state index contributed by atoms with van der Waals surface area (Å²) in [5.74, 6) is -0.432. The van der Waals surface area contributed by atoms with Gasteiger partial charge >= 0.3 is 0 Å². The number of aryl methyl sites for hydroxylation is 1. The maximum Gasteiger partial charge on any atom is 0.242 e. The van der Waals surface area contributed by atoms with Crippen molar-refractivity contribution in [1.82, 2.24) is 4.72 Å². The van der Waals surface area contributed by atoms with Crippen LogP contribution in [0.4, 0.5) is 5.69 Å². The van der Waals surface area contributed by atoms with E-state index in [4.69, 9.17) is 0 Å². The smallest absolute Gasteiger partial charge is 0.242 e. The van der Waals surface area contributed by atoms with Gasteiger partial charge in [0.05, 0.1) is 10.9 Å². The predicted molar refractivity (Wildman–Crippen MR) is 93.7 cm³/mol. The molecule has 0 fully saturated rings. The van der Waals surface area contributed by atoms with Crippen molar-refractivity contribution in [3.8, 4) is 0 Å². The highest BCUT2D eigenvalue weighted by molar-refractivity contribution is 9.10. The number of sulfonamides is 1. The highest BCUT2D eigenvalue weighted by Gasteiger charge is 2.22. The Morgan fingerprint density at radius 1 is 1.13 bits per heavy atom. The highest BCUT2D eigenvalue weighted by atomic mass is 79.9. The standard InChI is InChI=1S/C16H17BrN2O3S/c1-11-6-8-15(9-7-11)23(21,22)19-12(2)16(20)18-14-5-3-4-13(17)10-14/h3-10,12,19H,1-2H3,(H,18,20). The van der Waals surface area contributed by atoms with Crippen molar-refractivity contribution in [2.24, 2.45) is 0 Å². The summed E-state index contributed by atoms with van der Waals surface area (Å²) in [5, 5.41) is 2.67. The first-order valence-electron chi connectivity index (χ1n) is 6.93. The number of hydrogen-bond donors (Lipinski definition) is 2. The molecule has 2 N–H and O–H groups in total. The second-order valence-corrected chi connectivity index (χ2v) is 7.79. The maximum atomic E-state index is 12.3. The number of halogens is 1. The lowest BCUT2D eigenvalue weighted by molar-refractivity contribution is -0.117. The minimum absolute atomic E-state index is 0.130. The van der Waals surface area contributed by atoms with Gasteiger partial charge in [-0.3, -0.25) is 4.79 Å². The molecule has 0 aromatic heterocycles. The molecule has 0 heterocycles. The number of carbonyl (C=O) groups is 1. The van der Waals surface area contributed by atoms with E-state index in [1.54, 1.807) is 30.3 Å². The molecule has 2 rings (SSSR count). The fourth-order valence-corrected chi connectivity index (χ4v) is 3.49. The second kappa shape index (κ2) is 7.25. The van der Waals surface area contributed by atoms with Gasteiger partial charge in [-0.2, -0.15) is 4.72 Å². The van der Waals surface area contributed by atoms with Gasteiger partial charge in [-0.05, 0) is 44.2 Å². The Hall–Kier alpha value is -1.70. The van der Waals surface area contributed by atoms with Crippen LogP contribution in [-0.2, 0) is 14.8 Å². The maximum absolute atomic E-state index is 12.3. The molecule has 0 bridgehead atoms. The van der Waals surface area contributed by atoms with E-state index in [9.17, 15) is 13.2 Å². The Labute approximate surface area is 144 Å². The minimum Gasteiger partial charge on any atom is -0.325 e. The number of anilines is 1. The Morgan fingerprint density at radius 2 is 1.78 bits per heavy atom. The molecule has 2 aromatic rings. The van der Waals surface area contributed by atoms with Crippen LogP contribution in [0.25, 0.3) is 0 Å². The summed E-state index contributed by atoms with van der Waals surface area (Å²) in [7, 11) is -3.74. The van der Waals surface area contributed by atoms with E-state index in [1.165, 1.54) is 19.1 Å². The number of carbonyl (C=O) groups excluding carboxylic acids is 1. The molecule has 0 aliphatic carbocycles. The van der Waals surface area contributed by atoms with Crippen LogP contribution in [0.1, 0.15) is 12.5 Å². The lowest BCUT2D eigenvalue weighted by Crippen LogP contribution is -2.41. The summed E-state index contributed by atoms with van der Waals surface area (Å²) in [6.07, 6.45) is 0. The predicted octanol–water partition coefficient (Wildman–Crippen LogP) is 3.06. The third-order valence-corrected chi connectivity index (χ3v) is 5.20. The van der Waals surface area contributed by atoms with Crippen LogP contribution in [0, 0.1) is 6.92 Å². The van der Waals surface area contributed by atoms with E-state index in [-0.39, 0.29) is 4.90 Å². The third-order valence-electron chi connectivity index (χ3n) is 3.15. The van der Waals surface area contributed by atoms with Crippen molar-refractivity contribution < 1.29 is 13.2 Å². The van der Waals surface area contributed by atoms with Crippen molar-refractivity contribution in [3.63, 3.8) is 0 Å². The quantitative estimate of drug-likeness (QED) is 0.815. The van der Waals surface area contributed by atoms with Crippen molar-refractivity contribution >= 4 is 37.5 Å². The van der Waals surface area contributed by atoms with Crippen molar-refractivity contribution in [2.75, 3.05) is 5.32 Å². The van der Waals surface area contributed by atoms with Gasteiger partial charge in [-0.1, -0.05) is 39.7 Å². The molecule has 1 atom stereocenters. The monoisotopic (exact) mass is 396 g/mol. The summed E-state index contributed by atoms with van der Waals surface area (Å²) in [6, 6.07) is 12.6. The molecular weight excluding hydrogens is 380 g/mol. The van der Waals surface area contributed by atoms with E-state index in [2.05, 4.69) is 26.0 Å². The Bertz CT molecular complexity index is 804. The Kier molecular flexibility index (Phi) is 5.56. The molecule has 1 amide bonds. The number of benzene rings is 2. The Morgan fingerprint density at radius 3 is 2.39 bits per heavy atom. The van der Waals surface area contributed by atoms with Crippen LogP contribution in [0.2, 0.25) is 0 Å². The molecule has 2 aromatic carbocycles. The van der Waals surface area contributed by atoms with Crippen molar-refractivity contribution in [2.45, 2.75) is 24.8 Å². The molecule has 0 radical (unpaired) electrons. The van der Waals surface area contributed by atoms with E-state index < -0.39 is 22.0 Å². The van der Waals surface area contributed by atoms with Gasteiger partial charge in [0, 0.05) is 10.2 Å². The third kappa shape index (κ3) is 4.89. The first kappa shape index (κ1) is 17.7. The molecule has 7 heteroatoms. The summed E-state index contributed by atoms with van der Waals surface area (Å²) < 4.78 is 27.7. The highest BCUT2D eigenvalue weighted by Crippen LogP contribution is 2.16. The average molecular weight is 397 g/mol. The fraction of sp³-hybridized carbons (Fsp3) is 0.188.